The van der Waals surface area contributed by atoms with Crippen LogP contribution in [0.25, 0.3) is 0 Å². The molecule has 0 aliphatic carbocycles. The molecule has 5 amide bonds. The first-order valence-corrected chi connectivity index (χ1v) is 14.2. The predicted molar refractivity (Wildman–Crippen MR) is 168 cm³/mol. The lowest BCUT2D eigenvalue weighted by molar-refractivity contribution is 0.0371. The lowest BCUT2D eigenvalue weighted by atomic mass is 9.99. The first-order chi connectivity index (χ1) is 21.1. The van der Waals surface area contributed by atoms with Crippen molar-refractivity contribution in [2.24, 2.45) is 5.92 Å². The van der Waals surface area contributed by atoms with Gasteiger partial charge in [0.2, 0.25) is 0 Å². The molecule has 1 heterocycles. The fourth-order valence-corrected chi connectivity index (χ4v) is 4.73. The number of carbonyl (C=O) groups excluding carboxylic acids is 3. The summed E-state index contributed by atoms with van der Waals surface area (Å²) >= 11 is 0. The van der Waals surface area contributed by atoms with Crippen molar-refractivity contribution in [3.63, 3.8) is 0 Å². The third-order valence-corrected chi connectivity index (χ3v) is 7.41. The van der Waals surface area contributed by atoms with E-state index >= 15 is 0 Å². The summed E-state index contributed by atoms with van der Waals surface area (Å²) in [6.45, 7) is 3.98. The van der Waals surface area contributed by atoms with E-state index in [-0.39, 0.29) is 43.1 Å². The van der Waals surface area contributed by atoms with Gasteiger partial charge in [0.25, 0.3) is 5.91 Å². The molecular weight excluding hydrogens is 566 g/mol. The molecule has 0 saturated carbocycles. The largest absolute Gasteiger partial charge is 0.497 e. The number of urea groups is 2. The Labute approximate surface area is 256 Å². The van der Waals surface area contributed by atoms with Crippen molar-refractivity contribution in [2.45, 2.75) is 26.0 Å². The summed E-state index contributed by atoms with van der Waals surface area (Å²) in [5.74, 6) is 1.13. The minimum absolute atomic E-state index is 0.189. The zero-order valence-electron chi connectivity index (χ0n) is 25.5. The lowest BCUT2D eigenvalue weighted by Crippen LogP contribution is -2.50. The van der Waals surface area contributed by atoms with Crippen LogP contribution in [0.15, 0.2) is 66.7 Å². The number of rotatable bonds is 9. The second kappa shape index (κ2) is 14.5. The van der Waals surface area contributed by atoms with Crippen LogP contribution in [0.3, 0.4) is 0 Å². The normalized spacial score (nSPS) is 16.8. The van der Waals surface area contributed by atoms with Crippen molar-refractivity contribution in [3.05, 3.63) is 72.3 Å². The highest BCUT2D eigenvalue weighted by Crippen LogP contribution is 2.31. The van der Waals surface area contributed by atoms with E-state index in [1.54, 1.807) is 99.8 Å². The van der Waals surface area contributed by atoms with E-state index in [1.165, 1.54) is 4.90 Å². The van der Waals surface area contributed by atoms with E-state index < -0.39 is 18.2 Å². The van der Waals surface area contributed by atoms with Gasteiger partial charge in [0.1, 0.15) is 23.4 Å². The molecule has 4 N–H and O–H groups in total. The Hall–Kier alpha value is -4.97. The summed E-state index contributed by atoms with van der Waals surface area (Å²) in [6.07, 6.45) is -0.487. The number of amides is 5. The molecule has 0 fully saturated rings. The molecule has 1 aliphatic heterocycles. The number of aliphatic hydroxyl groups excluding tert-OH is 1. The van der Waals surface area contributed by atoms with Gasteiger partial charge in [0.15, 0.2) is 0 Å². The number of carbonyl (C=O) groups is 3. The molecule has 234 valence electrons. The van der Waals surface area contributed by atoms with Crippen LogP contribution in [0, 0.1) is 5.92 Å². The molecule has 4 rings (SSSR count). The summed E-state index contributed by atoms with van der Waals surface area (Å²) in [7, 11) is 4.80. The van der Waals surface area contributed by atoms with Gasteiger partial charge >= 0.3 is 12.1 Å². The molecule has 1 aliphatic rings. The second-order valence-electron chi connectivity index (χ2n) is 10.7. The van der Waals surface area contributed by atoms with Crippen LogP contribution < -0.4 is 30.2 Å². The predicted octanol–water partition coefficient (Wildman–Crippen LogP) is 4.73. The molecule has 12 nitrogen and oxygen atoms in total. The topological polar surface area (TPSA) is 142 Å². The number of methoxy groups -OCH3 is 2. The van der Waals surface area contributed by atoms with Crippen molar-refractivity contribution >= 4 is 35.0 Å². The zero-order chi connectivity index (χ0) is 31.8. The van der Waals surface area contributed by atoms with Crippen molar-refractivity contribution in [2.75, 3.05) is 56.9 Å². The molecule has 0 radical (unpaired) electrons. The van der Waals surface area contributed by atoms with Crippen molar-refractivity contribution < 1.29 is 33.7 Å². The highest BCUT2D eigenvalue weighted by molar-refractivity contribution is 6.02. The molecule has 3 atom stereocenters. The number of hydrogen-bond donors (Lipinski definition) is 4. The Bertz CT molecular complexity index is 1450. The number of nitrogens with zero attached hydrogens (tertiary/aromatic N) is 2. The van der Waals surface area contributed by atoms with E-state index in [4.69, 9.17) is 14.2 Å². The number of likely N-dealkylation sites (N-methyl/N-ethyl adjacent to an activating group) is 1. The van der Waals surface area contributed by atoms with E-state index in [9.17, 15) is 19.5 Å². The van der Waals surface area contributed by atoms with Gasteiger partial charge in [-0.1, -0.05) is 6.92 Å². The van der Waals surface area contributed by atoms with Gasteiger partial charge in [-0.15, -0.1) is 0 Å². The van der Waals surface area contributed by atoms with Gasteiger partial charge in [-0.3, -0.25) is 4.79 Å². The molecule has 0 bridgehead atoms. The number of aliphatic hydroxyl groups is 1. The summed E-state index contributed by atoms with van der Waals surface area (Å²) in [5.41, 5.74) is 1.79. The Balaban J connectivity index is 1.52. The third-order valence-electron chi connectivity index (χ3n) is 7.41. The van der Waals surface area contributed by atoms with Gasteiger partial charge in [0, 0.05) is 36.6 Å². The van der Waals surface area contributed by atoms with Crippen LogP contribution in [0.5, 0.6) is 17.2 Å². The van der Waals surface area contributed by atoms with Crippen molar-refractivity contribution in [1.29, 1.82) is 0 Å². The average Bonchev–Trinajstić information content (AvgIpc) is 3.03. The molecule has 3 aromatic rings. The van der Waals surface area contributed by atoms with Crippen molar-refractivity contribution in [1.82, 2.24) is 9.80 Å². The maximum Gasteiger partial charge on any atom is 0.323 e. The quantitative estimate of drug-likeness (QED) is 0.276. The van der Waals surface area contributed by atoms with Crippen molar-refractivity contribution in [3.8, 4) is 17.2 Å². The molecule has 0 unspecified atom stereocenters. The number of benzene rings is 3. The molecule has 3 aromatic carbocycles. The number of nitrogens with one attached hydrogen (secondary N) is 3. The van der Waals surface area contributed by atoms with Crippen LogP contribution in [0.1, 0.15) is 24.2 Å². The third kappa shape index (κ3) is 7.90. The summed E-state index contributed by atoms with van der Waals surface area (Å²) < 4.78 is 16.7. The maximum atomic E-state index is 13.7. The number of ether oxygens (including phenoxy) is 3. The fraction of sp³-hybridized carbons (Fsp3) is 0.344. The minimum atomic E-state index is -0.495. The molecule has 0 saturated heterocycles. The monoisotopic (exact) mass is 605 g/mol. The van der Waals surface area contributed by atoms with E-state index in [2.05, 4.69) is 16.0 Å². The van der Waals surface area contributed by atoms with Crippen LogP contribution in [0.2, 0.25) is 0 Å². The number of fused-ring (bicyclic) bond motifs is 1. The van der Waals surface area contributed by atoms with Crippen LogP contribution in [-0.4, -0.2) is 86.0 Å². The fourth-order valence-electron chi connectivity index (χ4n) is 4.73. The van der Waals surface area contributed by atoms with Gasteiger partial charge < -0.3 is 45.1 Å². The first-order valence-electron chi connectivity index (χ1n) is 14.2. The van der Waals surface area contributed by atoms with Gasteiger partial charge in [0.05, 0.1) is 39.0 Å². The second-order valence-corrected chi connectivity index (χ2v) is 10.7. The van der Waals surface area contributed by atoms with Gasteiger partial charge in [-0.2, -0.15) is 0 Å². The minimum Gasteiger partial charge on any atom is -0.497 e. The summed E-state index contributed by atoms with van der Waals surface area (Å²) in [6, 6.07) is 17.4. The Morgan fingerprint density at radius 1 is 0.955 bits per heavy atom. The van der Waals surface area contributed by atoms with Gasteiger partial charge in [-0.25, -0.2) is 9.59 Å². The zero-order valence-corrected chi connectivity index (χ0v) is 25.5. The molecule has 12 heteroatoms. The number of hydrogen-bond acceptors (Lipinski definition) is 7. The van der Waals surface area contributed by atoms with Crippen LogP contribution >= 0.6 is 0 Å². The van der Waals surface area contributed by atoms with Crippen LogP contribution in [0.4, 0.5) is 26.7 Å². The smallest absolute Gasteiger partial charge is 0.323 e. The SMILES string of the molecule is COc1ccc(NC(=O)Nc2ccc3c(c2)C(=O)N([C@@H](C)CO)C[C@H](C)[C@H](CN(C)C(=O)Nc2ccc(OC)cc2)O3)cc1. The van der Waals surface area contributed by atoms with E-state index in [0.717, 1.165) is 0 Å². The molecule has 44 heavy (non-hydrogen) atoms. The highest BCUT2D eigenvalue weighted by atomic mass is 16.5. The molecule has 0 spiro atoms. The Morgan fingerprint density at radius 3 is 2.07 bits per heavy atom. The van der Waals surface area contributed by atoms with E-state index in [0.29, 0.717) is 34.3 Å². The standard InChI is InChI=1S/C32H39N5O7/c1-20-17-37(21(2)19-38)30(39)27-16-24(34-31(40)33-22-6-11-25(42-4)12-7-22)10-15-28(27)44-29(20)18-36(3)32(41)35-23-8-13-26(43-5)14-9-23/h6-16,20-21,29,38H,17-19H2,1-5H3,(H,35,41)(H2,33,34,40)/t20-,21-,29-/m0/s1. The number of anilines is 3. The summed E-state index contributed by atoms with van der Waals surface area (Å²) in [5, 5.41) is 18.3. The molecule has 0 aromatic heterocycles. The average molecular weight is 606 g/mol. The van der Waals surface area contributed by atoms with E-state index in [1.807, 2.05) is 6.92 Å². The summed E-state index contributed by atoms with van der Waals surface area (Å²) in [4.78, 5) is 42.6. The van der Waals surface area contributed by atoms with Gasteiger partial charge in [-0.05, 0) is 73.7 Å². The lowest BCUT2D eigenvalue weighted by Gasteiger charge is -2.38. The highest BCUT2D eigenvalue weighted by Gasteiger charge is 2.34. The Morgan fingerprint density at radius 2 is 1.50 bits per heavy atom. The van der Waals surface area contributed by atoms with Crippen LogP contribution in [-0.2, 0) is 0 Å². The first kappa shape index (κ1) is 32.0. The maximum absolute atomic E-state index is 13.7. The Kier molecular flexibility index (Phi) is 10.5. The molecular formula is C32H39N5O7.